The van der Waals surface area contributed by atoms with E-state index in [9.17, 15) is 4.79 Å². The van der Waals surface area contributed by atoms with Crippen LogP contribution in [0.1, 0.15) is 26.3 Å². The zero-order chi connectivity index (χ0) is 25.1. The first-order valence-electron chi connectivity index (χ1n) is 12.2. The van der Waals surface area contributed by atoms with Crippen molar-refractivity contribution in [3.8, 4) is 16.9 Å². The quantitative estimate of drug-likeness (QED) is 0.382. The number of piperazine rings is 1. The van der Waals surface area contributed by atoms with Crippen LogP contribution in [-0.2, 0) is 20.9 Å². The Morgan fingerprint density at radius 3 is 2.11 bits per heavy atom. The zero-order valence-electron chi connectivity index (χ0n) is 21.4. The van der Waals surface area contributed by atoms with Crippen molar-refractivity contribution in [3.05, 3.63) is 54.1 Å². The van der Waals surface area contributed by atoms with Gasteiger partial charge in [0.25, 0.3) is 0 Å². The predicted molar refractivity (Wildman–Crippen MR) is 136 cm³/mol. The normalized spacial score (nSPS) is 14.7. The lowest BCUT2D eigenvalue weighted by atomic mass is 10.0. The van der Waals surface area contributed by atoms with E-state index in [2.05, 4.69) is 46.8 Å². The Labute approximate surface area is 209 Å². The molecule has 2 aromatic carbocycles. The number of benzene rings is 2. The first kappa shape index (κ1) is 26.9. The number of hydroxylamine groups is 1. The molecule has 1 heterocycles. The highest BCUT2D eigenvalue weighted by Gasteiger charge is 2.25. The van der Waals surface area contributed by atoms with Crippen molar-refractivity contribution in [3.63, 3.8) is 0 Å². The number of methoxy groups -OCH3 is 1. The lowest BCUT2D eigenvalue weighted by molar-refractivity contribution is -0.0146. The molecule has 1 fully saturated rings. The van der Waals surface area contributed by atoms with Crippen molar-refractivity contribution in [1.82, 2.24) is 15.3 Å². The number of hydrogen-bond donors (Lipinski definition) is 1. The van der Waals surface area contributed by atoms with E-state index in [1.54, 1.807) is 12.0 Å². The van der Waals surface area contributed by atoms with Crippen LogP contribution < -0.4 is 10.2 Å². The summed E-state index contributed by atoms with van der Waals surface area (Å²) in [7, 11) is 1.67. The minimum atomic E-state index is -0.457. The highest BCUT2D eigenvalue weighted by Crippen LogP contribution is 2.22. The maximum absolute atomic E-state index is 12.1. The molecule has 1 amide bonds. The average molecular weight is 486 g/mol. The maximum Gasteiger partial charge on any atom is 0.410 e. The molecular formula is C27H39N3O5. The monoisotopic (exact) mass is 485 g/mol. The van der Waals surface area contributed by atoms with Crippen LogP contribution in [0.5, 0.6) is 5.75 Å². The number of nitrogens with one attached hydrogen (secondary N) is 1. The van der Waals surface area contributed by atoms with Crippen LogP contribution in [0, 0.1) is 0 Å². The van der Waals surface area contributed by atoms with Gasteiger partial charge in [-0.1, -0.05) is 36.4 Å². The molecule has 0 saturated carbocycles. The Morgan fingerprint density at radius 2 is 1.51 bits per heavy atom. The Kier molecular flexibility index (Phi) is 10.3. The lowest BCUT2D eigenvalue weighted by Crippen LogP contribution is -2.50. The second kappa shape index (κ2) is 13.4. The Morgan fingerprint density at radius 1 is 0.886 bits per heavy atom. The summed E-state index contributed by atoms with van der Waals surface area (Å²) in [6.45, 7) is 11.8. The van der Waals surface area contributed by atoms with Crippen LogP contribution in [-0.4, -0.2) is 81.1 Å². The molecule has 0 radical (unpaired) electrons. The van der Waals surface area contributed by atoms with Crippen LogP contribution in [0.3, 0.4) is 0 Å². The highest BCUT2D eigenvalue weighted by molar-refractivity contribution is 5.68. The van der Waals surface area contributed by atoms with Crippen LogP contribution in [0.2, 0.25) is 0 Å². The third-order valence-electron chi connectivity index (χ3n) is 5.66. The largest absolute Gasteiger partial charge is 0.497 e. The Hall–Kier alpha value is -2.65. The van der Waals surface area contributed by atoms with E-state index < -0.39 is 5.60 Å². The van der Waals surface area contributed by atoms with Crippen molar-refractivity contribution in [1.29, 1.82) is 0 Å². The molecular weight excluding hydrogens is 446 g/mol. The number of carbonyl (C=O) groups is 1. The lowest BCUT2D eigenvalue weighted by Gasteiger charge is -2.35. The number of amides is 1. The Balaban J connectivity index is 1.21. The SMILES string of the molecule is COc1ccc(-c2ccc(CNOCCOCCN3CCN(C(=O)OC(C)(C)C)CC3)cc2)cc1. The highest BCUT2D eigenvalue weighted by atomic mass is 16.7. The van der Waals surface area contributed by atoms with Gasteiger partial charge in [-0.05, 0) is 49.6 Å². The maximum atomic E-state index is 12.1. The van der Waals surface area contributed by atoms with Crippen molar-refractivity contribution in [2.24, 2.45) is 0 Å². The van der Waals surface area contributed by atoms with Gasteiger partial charge in [-0.25, -0.2) is 4.79 Å². The molecule has 3 rings (SSSR count). The average Bonchev–Trinajstić information content (AvgIpc) is 2.85. The third kappa shape index (κ3) is 9.49. The number of carbonyl (C=O) groups excluding carboxylic acids is 1. The first-order valence-corrected chi connectivity index (χ1v) is 12.2. The fourth-order valence-electron chi connectivity index (χ4n) is 3.68. The number of nitrogens with zero attached hydrogens (tertiary/aromatic N) is 2. The summed E-state index contributed by atoms with van der Waals surface area (Å²) in [5.41, 5.74) is 6.00. The van der Waals surface area contributed by atoms with E-state index in [4.69, 9.17) is 19.0 Å². The van der Waals surface area contributed by atoms with E-state index in [0.29, 0.717) is 39.5 Å². The molecule has 35 heavy (non-hydrogen) atoms. The van der Waals surface area contributed by atoms with E-state index in [-0.39, 0.29) is 6.09 Å². The minimum absolute atomic E-state index is 0.230. The van der Waals surface area contributed by atoms with Gasteiger partial charge < -0.3 is 19.1 Å². The van der Waals surface area contributed by atoms with Crippen molar-refractivity contribution in [2.75, 3.05) is 59.7 Å². The van der Waals surface area contributed by atoms with E-state index >= 15 is 0 Å². The molecule has 0 aliphatic carbocycles. The number of hydrogen-bond acceptors (Lipinski definition) is 7. The molecule has 2 aromatic rings. The fourth-order valence-corrected chi connectivity index (χ4v) is 3.68. The molecule has 0 bridgehead atoms. The summed E-state index contributed by atoms with van der Waals surface area (Å²) in [6.07, 6.45) is -0.230. The molecule has 1 aliphatic heterocycles. The van der Waals surface area contributed by atoms with Crippen LogP contribution in [0.4, 0.5) is 4.79 Å². The molecule has 192 valence electrons. The number of ether oxygens (including phenoxy) is 3. The predicted octanol–water partition coefficient (Wildman–Crippen LogP) is 3.95. The van der Waals surface area contributed by atoms with Crippen LogP contribution in [0.25, 0.3) is 11.1 Å². The van der Waals surface area contributed by atoms with Gasteiger partial charge in [0.1, 0.15) is 11.4 Å². The van der Waals surface area contributed by atoms with E-state index in [0.717, 1.165) is 42.1 Å². The topological polar surface area (TPSA) is 72.5 Å². The molecule has 0 atom stereocenters. The van der Waals surface area contributed by atoms with Gasteiger partial charge in [0.05, 0.1) is 26.9 Å². The van der Waals surface area contributed by atoms with Crippen LogP contribution >= 0.6 is 0 Å². The number of rotatable bonds is 11. The molecule has 1 saturated heterocycles. The summed E-state index contributed by atoms with van der Waals surface area (Å²) < 4.78 is 16.3. The standard InChI is InChI=1S/C27H39N3O5/c1-27(2,3)35-26(31)30-15-13-29(14-16-30)17-18-33-19-20-34-28-21-22-5-7-23(8-6-22)24-9-11-25(32-4)12-10-24/h5-12,28H,13-21H2,1-4H3. The third-order valence-corrected chi connectivity index (χ3v) is 5.66. The molecule has 1 aliphatic rings. The second-order valence-corrected chi connectivity index (χ2v) is 9.52. The van der Waals surface area contributed by atoms with Gasteiger partial charge >= 0.3 is 6.09 Å². The minimum Gasteiger partial charge on any atom is -0.497 e. The van der Waals surface area contributed by atoms with E-state index in [1.807, 2.05) is 32.9 Å². The molecule has 0 spiro atoms. The van der Waals surface area contributed by atoms with Crippen molar-refractivity contribution >= 4 is 6.09 Å². The van der Waals surface area contributed by atoms with Crippen molar-refractivity contribution < 1.29 is 23.8 Å². The summed E-state index contributed by atoms with van der Waals surface area (Å²) in [4.78, 5) is 21.7. The summed E-state index contributed by atoms with van der Waals surface area (Å²) >= 11 is 0. The van der Waals surface area contributed by atoms with Gasteiger partial charge in [0.2, 0.25) is 0 Å². The fraction of sp³-hybridized carbons (Fsp3) is 0.519. The first-order chi connectivity index (χ1) is 16.8. The van der Waals surface area contributed by atoms with E-state index in [1.165, 1.54) is 0 Å². The summed E-state index contributed by atoms with van der Waals surface area (Å²) in [5, 5.41) is 0. The van der Waals surface area contributed by atoms with Gasteiger partial charge in [0, 0.05) is 39.3 Å². The van der Waals surface area contributed by atoms with Gasteiger partial charge in [-0.2, -0.15) is 5.48 Å². The van der Waals surface area contributed by atoms with Gasteiger partial charge in [0.15, 0.2) is 0 Å². The summed E-state index contributed by atoms with van der Waals surface area (Å²) in [6, 6.07) is 16.4. The second-order valence-electron chi connectivity index (χ2n) is 9.52. The molecule has 8 heteroatoms. The molecule has 8 nitrogen and oxygen atoms in total. The molecule has 1 N–H and O–H groups in total. The zero-order valence-corrected chi connectivity index (χ0v) is 21.4. The molecule has 0 aromatic heterocycles. The van der Waals surface area contributed by atoms with Gasteiger partial charge in [-0.15, -0.1) is 0 Å². The molecule has 0 unspecified atom stereocenters. The van der Waals surface area contributed by atoms with Gasteiger partial charge in [-0.3, -0.25) is 9.74 Å². The smallest absolute Gasteiger partial charge is 0.410 e. The van der Waals surface area contributed by atoms with Crippen LogP contribution in [0.15, 0.2) is 48.5 Å². The summed E-state index contributed by atoms with van der Waals surface area (Å²) in [5.74, 6) is 0.855. The Bertz CT molecular complexity index is 889. The van der Waals surface area contributed by atoms with Crippen molar-refractivity contribution in [2.45, 2.75) is 32.9 Å².